The third-order valence-corrected chi connectivity index (χ3v) is 1.76. The summed E-state index contributed by atoms with van der Waals surface area (Å²) in [6.45, 7) is 1.13. The second-order valence-electron chi connectivity index (χ2n) is 1.60. The highest BCUT2D eigenvalue weighted by atomic mass is 79.9. The molecule has 0 radical (unpaired) electrons. The Kier molecular flexibility index (Phi) is 2.80. The van der Waals surface area contributed by atoms with Crippen LogP contribution in [0.3, 0.4) is 0 Å². The highest BCUT2D eigenvalue weighted by Gasteiger charge is 2.34. The summed E-state index contributed by atoms with van der Waals surface area (Å²) < 4.78 is 34.3. The Morgan fingerprint density at radius 3 is 1.88 bits per heavy atom. The van der Waals surface area contributed by atoms with Gasteiger partial charge < -0.3 is 0 Å². The number of alkyl halides is 4. The van der Waals surface area contributed by atoms with Gasteiger partial charge in [-0.15, -0.1) is 0 Å². The van der Waals surface area contributed by atoms with E-state index in [1.807, 2.05) is 0 Å². The highest BCUT2D eigenvalue weighted by Crippen LogP contribution is 2.26. The molecule has 4 heteroatoms. The zero-order valence-corrected chi connectivity index (χ0v) is 5.88. The lowest BCUT2D eigenvalue weighted by Gasteiger charge is -2.10. The van der Waals surface area contributed by atoms with Gasteiger partial charge in [-0.1, -0.05) is 22.9 Å². The van der Waals surface area contributed by atoms with Crippen molar-refractivity contribution in [1.82, 2.24) is 0 Å². The number of hydrogen-bond acceptors (Lipinski definition) is 0. The summed E-state index contributed by atoms with van der Waals surface area (Å²) in [5, 5.41) is -0.0174. The van der Waals surface area contributed by atoms with Crippen LogP contribution in [0.4, 0.5) is 13.2 Å². The molecule has 0 aliphatic heterocycles. The second-order valence-corrected chi connectivity index (χ2v) is 2.24. The molecule has 0 heterocycles. The summed E-state index contributed by atoms with van der Waals surface area (Å²) in [4.78, 5) is 0. The van der Waals surface area contributed by atoms with Crippen molar-refractivity contribution in [2.45, 2.75) is 13.1 Å². The van der Waals surface area contributed by atoms with Crippen LogP contribution in [-0.2, 0) is 0 Å². The van der Waals surface area contributed by atoms with Crippen molar-refractivity contribution >= 4 is 15.9 Å². The molecule has 0 saturated heterocycles. The Morgan fingerprint density at radius 2 is 1.88 bits per heavy atom. The molecule has 0 bridgehead atoms. The Morgan fingerprint density at radius 1 is 1.50 bits per heavy atom. The van der Waals surface area contributed by atoms with Crippen LogP contribution in [0, 0.1) is 5.92 Å². The molecule has 0 aromatic carbocycles. The molecule has 0 amide bonds. The van der Waals surface area contributed by atoms with E-state index < -0.39 is 12.1 Å². The molecule has 0 aliphatic carbocycles. The predicted molar refractivity (Wildman–Crippen MR) is 29.0 cm³/mol. The third kappa shape index (κ3) is 2.55. The smallest absolute Gasteiger partial charge is 0.171 e. The average Bonchev–Trinajstić information content (AvgIpc) is 1.62. The van der Waals surface area contributed by atoms with Crippen molar-refractivity contribution in [3.63, 3.8) is 0 Å². The molecule has 1 atom stereocenters. The molecule has 8 heavy (non-hydrogen) atoms. The molecule has 50 valence electrons. The monoisotopic (exact) mass is 190 g/mol. The Bertz CT molecular complexity index is 68.2. The first kappa shape index (κ1) is 8.27. The van der Waals surface area contributed by atoms with Crippen molar-refractivity contribution in [1.29, 1.82) is 0 Å². The molecule has 0 nitrogen and oxygen atoms in total. The fraction of sp³-hybridized carbons (Fsp3) is 1.00. The fourth-order valence-electron chi connectivity index (χ4n) is 0.0875. The van der Waals surface area contributed by atoms with E-state index in [0.717, 1.165) is 6.92 Å². The van der Waals surface area contributed by atoms with E-state index in [-0.39, 0.29) is 5.33 Å². The maximum atomic E-state index is 11.4. The van der Waals surface area contributed by atoms with Crippen LogP contribution in [0.1, 0.15) is 6.92 Å². The van der Waals surface area contributed by atoms with Crippen LogP contribution in [0.2, 0.25) is 0 Å². The van der Waals surface area contributed by atoms with E-state index in [9.17, 15) is 13.2 Å². The lowest BCUT2D eigenvalue weighted by molar-refractivity contribution is -0.162. The second kappa shape index (κ2) is 2.71. The molecular formula is C4H6BrF3. The predicted octanol–water partition coefficient (Wildman–Crippen LogP) is 2.58. The van der Waals surface area contributed by atoms with E-state index >= 15 is 0 Å². The standard InChI is InChI=1S/C4H6BrF3/c1-3(2-5)4(6,7)8/h3H,2H2,1H3/t3-/m1/s1. The molecule has 0 spiro atoms. The zero-order valence-electron chi connectivity index (χ0n) is 4.30. The van der Waals surface area contributed by atoms with E-state index in [4.69, 9.17) is 0 Å². The molecule has 0 aliphatic rings. The number of hydrogen-bond donors (Lipinski definition) is 0. The SMILES string of the molecule is C[C@H](CBr)C(F)(F)F. The van der Waals surface area contributed by atoms with Gasteiger partial charge in [-0.25, -0.2) is 0 Å². The van der Waals surface area contributed by atoms with Gasteiger partial charge in [0.25, 0.3) is 0 Å². The summed E-state index contributed by atoms with van der Waals surface area (Å²) in [6.07, 6.45) is -4.04. The minimum Gasteiger partial charge on any atom is -0.171 e. The van der Waals surface area contributed by atoms with Crippen LogP contribution < -0.4 is 0 Å². The van der Waals surface area contributed by atoms with Gasteiger partial charge >= 0.3 is 6.18 Å². The van der Waals surface area contributed by atoms with Crippen molar-refractivity contribution in [3.05, 3.63) is 0 Å². The summed E-state index contributed by atoms with van der Waals surface area (Å²) in [5.41, 5.74) is 0. The number of halogens is 4. The average molecular weight is 191 g/mol. The van der Waals surface area contributed by atoms with E-state index in [0.29, 0.717) is 0 Å². The lowest BCUT2D eigenvalue weighted by Crippen LogP contribution is -2.20. The summed E-state index contributed by atoms with van der Waals surface area (Å²) in [6, 6.07) is 0. The van der Waals surface area contributed by atoms with Gasteiger partial charge in [0.2, 0.25) is 0 Å². The fourth-order valence-corrected chi connectivity index (χ4v) is 0.455. The lowest BCUT2D eigenvalue weighted by atomic mass is 10.2. The van der Waals surface area contributed by atoms with Crippen molar-refractivity contribution in [2.24, 2.45) is 5.92 Å². The van der Waals surface area contributed by atoms with Gasteiger partial charge in [-0.2, -0.15) is 13.2 Å². The van der Waals surface area contributed by atoms with Gasteiger partial charge in [0.15, 0.2) is 0 Å². The topological polar surface area (TPSA) is 0 Å². The molecule has 0 rings (SSSR count). The van der Waals surface area contributed by atoms with Gasteiger partial charge in [-0.3, -0.25) is 0 Å². The summed E-state index contributed by atoms with van der Waals surface area (Å²) >= 11 is 2.73. The zero-order chi connectivity index (χ0) is 6.78. The minimum atomic E-state index is -4.04. The summed E-state index contributed by atoms with van der Waals surface area (Å²) in [7, 11) is 0. The van der Waals surface area contributed by atoms with Crippen LogP contribution in [0.25, 0.3) is 0 Å². The van der Waals surface area contributed by atoms with E-state index in [2.05, 4.69) is 15.9 Å². The van der Waals surface area contributed by atoms with Crippen LogP contribution in [0.15, 0.2) is 0 Å². The van der Waals surface area contributed by atoms with Crippen molar-refractivity contribution in [2.75, 3.05) is 5.33 Å². The molecule has 0 aromatic heterocycles. The van der Waals surface area contributed by atoms with E-state index in [1.165, 1.54) is 0 Å². The quantitative estimate of drug-likeness (QED) is 0.558. The molecular weight excluding hydrogens is 185 g/mol. The minimum absolute atomic E-state index is 0.0174. The van der Waals surface area contributed by atoms with Gasteiger partial charge in [-0.05, 0) is 0 Å². The Labute approximate surface area is 54.2 Å². The molecule has 0 fully saturated rings. The maximum absolute atomic E-state index is 11.4. The maximum Gasteiger partial charge on any atom is 0.392 e. The van der Waals surface area contributed by atoms with Crippen LogP contribution in [0.5, 0.6) is 0 Å². The molecule has 0 N–H and O–H groups in total. The largest absolute Gasteiger partial charge is 0.392 e. The normalized spacial score (nSPS) is 16.1. The molecule has 0 unspecified atom stereocenters. The van der Waals surface area contributed by atoms with Crippen molar-refractivity contribution in [3.8, 4) is 0 Å². The first-order valence-corrected chi connectivity index (χ1v) is 3.23. The van der Waals surface area contributed by atoms with Crippen LogP contribution >= 0.6 is 15.9 Å². The van der Waals surface area contributed by atoms with Gasteiger partial charge in [0.05, 0.1) is 5.92 Å². The molecule has 0 saturated carbocycles. The first-order chi connectivity index (χ1) is 3.48. The van der Waals surface area contributed by atoms with Crippen molar-refractivity contribution < 1.29 is 13.2 Å². The highest BCUT2D eigenvalue weighted by molar-refractivity contribution is 9.09. The van der Waals surface area contributed by atoms with Crippen LogP contribution in [-0.4, -0.2) is 11.5 Å². The van der Waals surface area contributed by atoms with Gasteiger partial charge in [0, 0.05) is 5.33 Å². The summed E-state index contributed by atoms with van der Waals surface area (Å²) in [5.74, 6) is -1.23. The number of rotatable bonds is 1. The van der Waals surface area contributed by atoms with Gasteiger partial charge in [0.1, 0.15) is 0 Å². The first-order valence-electron chi connectivity index (χ1n) is 2.11. The Balaban J connectivity index is 3.62. The molecule has 0 aromatic rings. The third-order valence-electron chi connectivity index (χ3n) is 0.790. The van der Waals surface area contributed by atoms with E-state index in [1.54, 1.807) is 0 Å². The Hall–Kier alpha value is 0.270.